The van der Waals surface area contributed by atoms with E-state index in [-0.39, 0.29) is 5.91 Å². The zero-order valence-corrected chi connectivity index (χ0v) is 10.4. The van der Waals surface area contributed by atoms with Gasteiger partial charge in [-0.05, 0) is 5.56 Å². The molecule has 0 aliphatic heterocycles. The molecular formula is C12H18N2OS. The van der Waals surface area contributed by atoms with Gasteiger partial charge < -0.3 is 10.6 Å². The van der Waals surface area contributed by atoms with E-state index < -0.39 is 0 Å². The first-order valence-corrected chi connectivity index (χ1v) is 6.45. The Hall–Kier alpha value is -1.00. The van der Waals surface area contributed by atoms with Gasteiger partial charge in [0.25, 0.3) is 0 Å². The van der Waals surface area contributed by atoms with Gasteiger partial charge in [-0.1, -0.05) is 30.3 Å². The molecule has 1 aromatic carbocycles. The van der Waals surface area contributed by atoms with Crippen molar-refractivity contribution >= 4 is 17.7 Å². The summed E-state index contributed by atoms with van der Waals surface area (Å²) in [6, 6.07) is 9.99. The monoisotopic (exact) mass is 238 g/mol. The van der Waals surface area contributed by atoms with Crippen molar-refractivity contribution in [2.45, 2.75) is 6.54 Å². The molecule has 0 heterocycles. The van der Waals surface area contributed by atoms with E-state index in [4.69, 9.17) is 5.73 Å². The number of rotatable bonds is 6. The lowest BCUT2D eigenvalue weighted by Crippen LogP contribution is -2.28. The molecule has 0 saturated carbocycles. The molecule has 0 aliphatic carbocycles. The zero-order chi connectivity index (χ0) is 11.8. The van der Waals surface area contributed by atoms with Gasteiger partial charge in [-0.25, -0.2) is 0 Å². The summed E-state index contributed by atoms with van der Waals surface area (Å²) < 4.78 is 0. The summed E-state index contributed by atoms with van der Waals surface area (Å²) in [7, 11) is 1.83. The highest BCUT2D eigenvalue weighted by molar-refractivity contribution is 7.99. The van der Waals surface area contributed by atoms with Gasteiger partial charge in [-0.15, -0.1) is 0 Å². The molecule has 0 aromatic heterocycles. The van der Waals surface area contributed by atoms with E-state index in [1.807, 2.05) is 37.4 Å². The van der Waals surface area contributed by atoms with Crippen LogP contribution in [-0.2, 0) is 11.3 Å². The SMILES string of the molecule is CN(Cc1ccccc1)C(=O)CSCCN. The average molecular weight is 238 g/mol. The molecule has 1 amide bonds. The third-order valence-electron chi connectivity index (χ3n) is 2.18. The van der Waals surface area contributed by atoms with Crippen LogP contribution in [0.3, 0.4) is 0 Å². The number of carbonyl (C=O) groups excluding carboxylic acids is 1. The van der Waals surface area contributed by atoms with Crippen molar-refractivity contribution in [3.8, 4) is 0 Å². The van der Waals surface area contributed by atoms with Crippen LogP contribution in [0.2, 0.25) is 0 Å². The molecule has 0 spiro atoms. The normalized spacial score (nSPS) is 10.1. The van der Waals surface area contributed by atoms with E-state index in [1.165, 1.54) is 0 Å². The second kappa shape index (κ2) is 7.30. The Morgan fingerprint density at radius 2 is 2.06 bits per heavy atom. The first-order valence-electron chi connectivity index (χ1n) is 5.29. The Morgan fingerprint density at radius 1 is 1.38 bits per heavy atom. The van der Waals surface area contributed by atoms with Crippen molar-refractivity contribution in [2.24, 2.45) is 5.73 Å². The molecule has 16 heavy (non-hydrogen) atoms. The Morgan fingerprint density at radius 3 is 2.69 bits per heavy atom. The number of carbonyl (C=O) groups is 1. The van der Waals surface area contributed by atoms with E-state index in [0.29, 0.717) is 18.8 Å². The number of hydrogen-bond acceptors (Lipinski definition) is 3. The highest BCUT2D eigenvalue weighted by atomic mass is 32.2. The number of benzene rings is 1. The average Bonchev–Trinajstić information content (AvgIpc) is 2.30. The number of nitrogens with two attached hydrogens (primary N) is 1. The van der Waals surface area contributed by atoms with E-state index >= 15 is 0 Å². The Kier molecular flexibility index (Phi) is 5.96. The lowest BCUT2D eigenvalue weighted by atomic mass is 10.2. The van der Waals surface area contributed by atoms with Crippen LogP contribution in [0, 0.1) is 0 Å². The van der Waals surface area contributed by atoms with Crippen LogP contribution < -0.4 is 5.73 Å². The Balaban J connectivity index is 2.34. The molecule has 0 aliphatic rings. The zero-order valence-electron chi connectivity index (χ0n) is 9.56. The lowest BCUT2D eigenvalue weighted by molar-refractivity contribution is -0.127. The minimum atomic E-state index is 0.155. The fourth-order valence-corrected chi connectivity index (χ4v) is 2.00. The van der Waals surface area contributed by atoms with Crippen LogP contribution in [-0.4, -0.2) is 35.9 Å². The highest BCUT2D eigenvalue weighted by Crippen LogP contribution is 2.05. The van der Waals surface area contributed by atoms with E-state index in [9.17, 15) is 4.79 Å². The van der Waals surface area contributed by atoms with Crippen molar-refractivity contribution in [1.82, 2.24) is 4.90 Å². The fraction of sp³-hybridized carbons (Fsp3) is 0.417. The van der Waals surface area contributed by atoms with Crippen molar-refractivity contribution in [1.29, 1.82) is 0 Å². The quantitative estimate of drug-likeness (QED) is 0.761. The molecule has 0 saturated heterocycles. The molecule has 88 valence electrons. The topological polar surface area (TPSA) is 46.3 Å². The van der Waals surface area contributed by atoms with Gasteiger partial charge in [-0.2, -0.15) is 11.8 Å². The number of nitrogens with zero attached hydrogens (tertiary/aromatic N) is 1. The number of amides is 1. The second-order valence-corrected chi connectivity index (χ2v) is 4.68. The van der Waals surface area contributed by atoms with Crippen molar-refractivity contribution < 1.29 is 4.79 Å². The summed E-state index contributed by atoms with van der Waals surface area (Å²) >= 11 is 1.58. The highest BCUT2D eigenvalue weighted by Gasteiger charge is 2.08. The summed E-state index contributed by atoms with van der Waals surface area (Å²) in [6.07, 6.45) is 0. The number of thioether (sulfide) groups is 1. The minimum absolute atomic E-state index is 0.155. The standard InChI is InChI=1S/C12H18N2OS/c1-14(12(15)10-16-8-7-13)9-11-5-3-2-4-6-11/h2-6H,7-10,13H2,1H3. The van der Waals surface area contributed by atoms with E-state index in [0.717, 1.165) is 11.3 Å². The first-order chi connectivity index (χ1) is 7.74. The lowest BCUT2D eigenvalue weighted by Gasteiger charge is -2.16. The van der Waals surface area contributed by atoms with Gasteiger partial charge in [0.15, 0.2) is 0 Å². The molecule has 2 N–H and O–H groups in total. The van der Waals surface area contributed by atoms with Crippen LogP contribution >= 0.6 is 11.8 Å². The van der Waals surface area contributed by atoms with Crippen molar-refractivity contribution in [3.05, 3.63) is 35.9 Å². The molecule has 1 aromatic rings. The third-order valence-corrected chi connectivity index (χ3v) is 3.15. The summed E-state index contributed by atoms with van der Waals surface area (Å²) in [6.45, 7) is 1.29. The smallest absolute Gasteiger partial charge is 0.232 e. The predicted octanol–water partition coefficient (Wildman–Crippen LogP) is 1.34. The predicted molar refractivity (Wildman–Crippen MR) is 69.3 cm³/mol. The maximum Gasteiger partial charge on any atom is 0.232 e. The molecule has 0 atom stereocenters. The molecule has 3 nitrogen and oxygen atoms in total. The maximum absolute atomic E-state index is 11.7. The van der Waals surface area contributed by atoms with Crippen LogP contribution in [0.1, 0.15) is 5.56 Å². The van der Waals surface area contributed by atoms with Gasteiger partial charge in [0.1, 0.15) is 0 Å². The van der Waals surface area contributed by atoms with Gasteiger partial charge in [0, 0.05) is 25.9 Å². The van der Waals surface area contributed by atoms with E-state index in [1.54, 1.807) is 16.7 Å². The van der Waals surface area contributed by atoms with Gasteiger partial charge in [0.05, 0.1) is 5.75 Å². The maximum atomic E-state index is 11.7. The largest absolute Gasteiger partial charge is 0.341 e. The van der Waals surface area contributed by atoms with Crippen LogP contribution in [0.25, 0.3) is 0 Å². The Labute approximate surface area is 101 Å². The molecule has 4 heteroatoms. The van der Waals surface area contributed by atoms with E-state index in [2.05, 4.69) is 0 Å². The van der Waals surface area contributed by atoms with Crippen LogP contribution in [0.5, 0.6) is 0 Å². The summed E-state index contributed by atoms with van der Waals surface area (Å²) in [5.41, 5.74) is 6.52. The minimum Gasteiger partial charge on any atom is -0.341 e. The molecule has 0 unspecified atom stereocenters. The summed E-state index contributed by atoms with van der Waals surface area (Å²) in [5.74, 6) is 1.51. The first kappa shape index (κ1) is 13.1. The number of hydrogen-bond donors (Lipinski definition) is 1. The fourth-order valence-electron chi connectivity index (χ4n) is 1.30. The molecule has 1 rings (SSSR count). The van der Waals surface area contributed by atoms with Gasteiger partial charge in [-0.3, -0.25) is 4.79 Å². The van der Waals surface area contributed by atoms with Crippen molar-refractivity contribution in [3.63, 3.8) is 0 Å². The Bertz CT molecular complexity index is 316. The molecular weight excluding hydrogens is 220 g/mol. The van der Waals surface area contributed by atoms with Crippen LogP contribution in [0.15, 0.2) is 30.3 Å². The second-order valence-electron chi connectivity index (χ2n) is 3.58. The summed E-state index contributed by atoms with van der Waals surface area (Å²) in [4.78, 5) is 13.4. The molecule has 0 radical (unpaired) electrons. The van der Waals surface area contributed by atoms with Gasteiger partial charge in [0.2, 0.25) is 5.91 Å². The molecule has 0 fully saturated rings. The summed E-state index contributed by atoms with van der Waals surface area (Å²) in [5, 5.41) is 0. The van der Waals surface area contributed by atoms with Crippen molar-refractivity contribution in [2.75, 3.05) is 25.1 Å². The molecule has 0 bridgehead atoms. The van der Waals surface area contributed by atoms with Gasteiger partial charge >= 0.3 is 0 Å². The van der Waals surface area contributed by atoms with Crippen LogP contribution in [0.4, 0.5) is 0 Å². The third kappa shape index (κ3) is 4.68.